The molecule has 4 aromatic carbocycles. The zero-order valence-corrected chi connectivity index (χ0v) is 21.0. The van der Waals surface area contributed by atoms with Gasteiger partial charge in [-0.2, -0.15) is 0 Å². The Bertz CT molecular complexity index is 1640. The highest BCUT2D eigenvalue weighted by Crippen LogP contribution is 2.31. The molecule has 0 unspecified atom stereocenters. The Morgan fingerprint density at radius 1 is 0.649 bits per heavy atom. The predicted molar refractivity (Wildman–Crippen MR) is 145 cm³/mol. The van der Waals surface area contributed by atoms with Crippen LogP contribution in [-0.2, 0) is 10.0 Å². The molecular formula is C28H24N4O4S. The molecule has 0 aliphatic heterocycles. The maximum Gasteiger partial charge on any atom is 0.263 e. The van der Waals surface area contributed by atoms with Crippen molar-refractivity contribution < 1.29 is 17.9 Å². The molecule has 2 N–H and O–H groups in total. The first kappa shape index (κ1) is 24.1. The van der Waals surface area contributed by atoms with E-state index in [9.17, 15) is 8.42 Å². The Morgan fingerprint density at radius 3 is 1.78 bits per heavy atom. The molecule has 0 aliphatic carbocycles. The van der Waals surface area contributed by atoms with Crippen LogP contribution in [0.3, 0.4) is 0 Å². The molecule has 0 saturated heterocycles. The number of para-hydroxylation sites is 2. The van der Waals surface area contributed by atoms with E-state index in [0.717, 1.165) is 11.1 Å². The Kier molecular flexibility index (Phi) is 6.61. The summed E-state index contributed by atoms with van der Waals surface area (Å²) in [5.41, 5.74) is 3.66. The van der Waals surface area contributed by atoms with Crippen LogP contribution in [0.15, 0.2) is 102 Å². The molecule has 37 heavy (non-hydrogen) atoms. The minimum Gasteiger partial charge on any atom is -0.497 e. The van der Waals surface area contributed by atoms with Crippen molar-refractivity contribution in [3.05, 3.63) is 97.1 Å². The molecular weight excluding hydrogens is 488 g/mol. The molecule has 0 spiro atoms. The smallest absolute Gasteiger partial charge is 0.263 e. The lowest BCUT2D eigenvalue weighted by Gasteiger charge is -2.15. The third kappa shape index (κ3) is 5.31. The van der Waals surface area contributed by atoms with E-state index in [2.05, 4.69) is 20.0 Å². The van der Waals surface area contributed by atoms with Gasteiger partial charge < -0.3 is 14.8 Å². The number of hydrogen-bond acceptors (Lipinski definition) is 7. The lowest BCUT2D eigenvalue weighted by molar-refractivity contribution is 0.395. The highest BCUT2D eigenvalue weighted by molar-refractivity contribution is 7.92. The van der Waals surface area contributed by atoms with E-state index in [-0.39, 0.29) is 16.5 Å². The molecule has 5 aromatic rings. The van der Waals surface area contributed by atoms with E-state index >= 15 is 0 Å². The van der Waals surface area contributed by atoms with Gasteiger partial charge in [0.25, 0.3) is 10.0 Å². The van der Waals surface area contributed by atoms with E-state index in [1.807, 2.05) is 42.5 Å². The van der Waals surface area contributed by atoms with Crippen molar-refractivity contribution in [2.24, 2.45) is 0 Å². The second-order valence-electron chi connectivity index (χ2n) is 8.13. The minimum absolute atomic E-state index is 0.0626. The summed E-state index contributed by atoms with van der Waals surface area (Å²) in [4.78, 5) is 9.29. The fourth-order valence-corrected chi connectivity index (χ4v) is 4.83. The number of nitrogens with zero attached hydrogens (tertiary/aromatic N) is 2. The first-order chi connectivity index (χ1) is 17.9. The molecule has 0 bridgehead atoms. The highest BCUT2D eigenvalue weighted by Gasteiger charge is 2.19. The zero-order chi connectivity index (χ0) is 25.8. The molecule has 8 nitrogen and oxygen atoms in total. The average Bonchev–Trinajstić information content (AvgIpc) is 2.93. The Hall–Kier alpha value is -4.63. The molecule has 0 fully saturated rings. The van der Waals surface area contributed by atoms with Gasteiger partial charge in [0, 0.05) is 23.9 Å². The van der Waals surface area contributed by atoms with Gasteiger partial charge >= 0.3 is 0 Å². The summed E-state index contributed by atoms with van der Waals surface area (Å²) in [7, 11) is -0.858. The van der Waals surface area contributed by atoms with Crippen molar-refractivity contribution in [3.8, 4) is 22.6 Å². The topological polar surface area (TPSA) is 102 Å². The summed E-state index contributed by atoms with van der Waals surface area (Å²) in [6.07, 6.45) is 0. The summed E-state index contributed by atoms with van der Waals surface area (Å²) in [6.45, 7) is 0. The maximum absolute atomic E-state index is 13.3. The van der Waals surface area contributed by atoms with E-state index < -0.39 is 10.0 Å². The van der Waals surface area contributed by atoms with Gasteiger partial charge in [-0.1, -0.05) is 54.6 Å². The van der Waals surface area contributed by atoms with Crippen molar-refractivity contribution in [1.82, 2.24) is 9.97 Å². The van der Waals surface area contributed by atoms with Gasteiger partial charge in [0.05, 0.1) is 30.1 Å². The number of ether oxygens (including phenoxy) is 2. The standard InChI is InChI=1S/C28H24N4O4S/c1-35-22-16-21(17-23(18-22)36-2)29-27-28(31-26-11-7-6-10-25(26)30-27)32-37(33,34)24-14-12-20(13-15-24)19-8-4-3-5-9-19/h3-18H,1-2H3,(H,29,30)(H,31,32). The van der Waals surface area contributed by atoms with Crippen LogP contribution in [0, 0.1) is 0 Å². The summed E-state index contributed by atoms with van der Waals surface area (Å²) in [6, 6.07) is 28.9. The third-order valence-electron chi connectivity index (χ3n) is 5.69. The quantitative estimate of drug-likeness (QED) is 0.268. The Morgan fingerprint density at radius 2 is 1.19 bits per heavy atom. The SMILES string of the molecule is COc1cc(Nc2nc3ccccc3nc2NS(=O)(=O)c2ccc(-c3ccccc3)cc2)cc(OC)c1. The molecule has 0 amide bonds. The van der Waals surface area contributed by atoms with Crippen molar-refractivity contribution in [1.29, 1.82) is 0 Å². The summed E-state index contributed by atoms with van der Waals surface area (Å²) in [5, 5.41) is 3.16. The summed E-state index contributed by atoms with van der Waals surface area (Å²) < 4.78 is 40.0. The van der Waals surface area contributed by atoms with Gasteiger partial charge in [-0.05, 0) is 35.4 Å². The molecule has 1 heterocycles. The number of sulfonamides is 1. The number of benzene rings is 4. The molecule has 0 radical (unpaired) electrons. The summed E-state index contributed by atoms with van der Waals surface area (Å²) in [5.74, 6) is 1.43. The fraction of sp³-hybridized carbons (Fsp3) is 0.0714. The van der Waals surface area contributed by atoms with Crippen molar-refractivity contribution in [2.45, 2.75) is 4.90 Å². The minimum atomic E-state index is -3.96. The molecule has 0 aliphatic rings. The average molecular weight is 513 g/mol. The van der Waals surface area contributed by atoms with Crippen molar-refractivity contribution >= 4 is 38.4 Å². The molecule has 5 rings (SSSR count). The van der Waals surface area contributed by atoms with Crippen molar-refractivity contribution in [3.63, 3.8) is 0 Å². The van der Waals surface area contributed by atoms with E-state index in [1.54, 1.807) is 68.8 Å². The van der Waals surface area contributed by atoms with E-state index in [1.165, 1.54) is 0 Å². The van der Waals surface area contributed by atoms with Crippen LogP contribution in [0.1, 0.15) is 0 Å². The number of hydrogen-bond donors (Lipinski definition) is 2. The van der Waals surface area contributed by atoms with E-state index in [0.29, 0.717) is 28.2 Å². The fourth-order valence-electron chi connectivity index (χ4n) is 3.82. The normalized spacial score (nSPS) is 11.2. The number of nitrogens with one attached hydrogen (secondary N) is 2. The Balaban J connectivity index is 1.51. The van der Waals surface area contributed by atoms with Crippen LogP contribution < -0.4 is 19.5 Å². The first-order valence-corrected chi connectivity index (χ1v) is 12.9. The molecule has 186 valence electrons. The lowest BCUT2D eigenvalue weighted by Crippen LogP contribution is -2.16. The monoisotopic (exact) mass is 512 g/mol. The van der Waals surface area contributed by atoms with Gasteiger partial charge in [-0.25, -0.2) is 18.4 Å². The van der Waals surface area contributed by atoms with Crippen LogP contribution in [0.2, 0.25) is 0 Å². The van der Waals surface area contributed by atoms with E-state index in [4.69, 9.17) is 9.47 Å². The second kappa shape index (κ2) is 10.2. The number of anilines is 3. The Labute approximate surface area is 215 Å². The lowest BCUT2D eigenvalue weighted by atomic mass is 10.1. The maximum atomic E-state index is 13.3. The molecule has 0 atom stereocenters. The number of aromatic nitrogens is 2. The van der Waals surface area contributed by atoms with Gasteiger partial charge in [-0.15, -0.1) is 0 Å². The number of fused-ring (bicyclic) bond motifs is 1. The van der Waals surface area contributed by atoms with Crippen LogP contribution in [0.25, 0.3) is 22.2 Å². The highest BCUT2D eigenvalue weighted by atomic mass is 32.2. The summed E-state index contributed by atoms with van der Waals surface area (Å²) >= 11 is 0. The molecule has 9 heteroatoms. The number of methoxy groups -OCH3 is 2. The number of rotatable bonds is 8. The van der Waals surface area contributed by atoms with Crippen LogP contribution >= 0.6 is 0 Å². The second-order valence-corrected chi connectivity index (χ2v) is 9.81. The largest absolute Gasteiger partial charge is 0.497 e. The van der Waals surface area contributed by atoms with Gasteiger partial charge in [0.1, 0.15) is 11.5 Å². The van der Waals surface area contributed by atoms with Crippen molar-refractivity contribution in [2.75, 3.05) is 24.3 Å². The first-order valence-electron chi connectivity index (χ1n) is 11.4. The van der Waals surface area contributed by atoms with Gasteiger partial charge in [0.15, 0.2) is 11.6 Å². The molecule has 0 saturated carbocycles. The van der Waals surface area contributed by atoms with Gasteiger partial charge in [-0.3, -0.25) is 4.72 Å². The van der Waals surface area contributed by atoms with Crippen LogP contribution in [-0.4, -0.2) is 32.6 Å². The van der Waals surface area contributed by atoms with Crippen LogP contribution in [0.4, 0.5) is 17.3 Å². The molecule has 1 aromatic heterocycles. The van der Waals surface area contributed by atoms with Gasteiger partial charge in [0.2, 0.25) is 0 Å². The predicted octanol–water partition coefficient (Wildman–Crippen LogP) is 5.86. The zero-order valence-electron chi connectivity index (χ0n) is 20.2. The van der Waals surface area contributed by atoms with Crippen LogP contribution in [0.5, 0.6) is 11.5 Å². The third-order valence-corrected chi connectivity index (χ3v) is 7.04.